The van der Waals surface area contributed by atoms with Crippen molar-refractivity contribution in [2.45, 2.75) is 38.3 Å². The van der Waals surface area contributed by atoms with Crippen molar-refractivity contribution in [3.05, 3.63) is 65.2 Å². The van der Waals surface area contributed by atoms with Gasteiger partial charge in [-0.25, -0.2) is 0 Å². The summed E-state index contributed by atoms with van der Waals surface area (Å²) in [5.74, 6) is 1.31. The third-order valence-corrected chi connectivity index (χ3v) is 5.26. The summed E-state index contributed by atoms with van der Waals surface area (Å²) in [6.45, 7) is 6.38. The van der Waals surface area contributed by atoms with E-state index >= 15 is 0 Å². The maximum atomic E-state index is 12.4. The summed E-state index contributed by atoms with van der Waals surface area (Å²) >= 11 is 1.27. The molecule has 0 aliphatic rings. The maximum Gasteiger partial charge on any atom is 0.277 e. The SMILES string of the molecule is CCC(C)c1ccc(C(=O)CSc2nnc(-c3ccc(C)cc3)o2)cc1. The van der Waals surface area contributed by atoms with Crippen LogP contribution in [0.15, 0.2) is 58.2 Å². The lowest BCUT2D eigenvalue weighted by atomic mass is 9.97. The van der Waals surface area contributed by atoms with Gasteiger partial charge in [0.05, 0.1) is 5.75 Å². The van der Waals surface area contributed by atoms with Gasteiger partial charge in [-0.15, -0.1) is 10.2 Å². The fourth-order valence-corrected chi connectivity index (χ4v) is 3.18. The molecule has 26 heavy (non-hydrogen) atoms. The zero-order valence-corrected chi connectivity index (χ0v) is 16.0. The number of hydrogen-bond acceptors (Lipinski definition) is 5. The Balaban J connectivity index is 1.60. The highest BCUT2D eigenvalue weighted by Gasteiger charge is 2.13. The largest absolute Gasteiger partial charge is 0.411 e. The summed E-state index contributed by atoms with van der Waals surface area (Å²) in [6.07, 6.45) is 1.09. The summed E-state index contributed by atoms with van der Waals surface area (Å²) in [5, 5.41) is 8.49. The van der Waals surface area contributed by atoms with Gasteiger partial charge < -0.3 is 4.42 Å². The zero-order valence-electron chi connectivity index (χ0n) is 15.2. The summed E-state index contributed by atoms with van der Waals surface area (Å²) in [6, 6.07) is 15.8. The highest BCUT2D eigenvalue weighted by molar-refractivity contribution is 7.99. The molecule has 1 unspecified atom stereocenters. The van der Waals surface area contributed by atoms with Crippen molar-refractivity contribution in [2.75, 3.05) is 5.75 Å². The van der Waals surface area contributed by atoms with Crippen molar-refractivity contribution < 1.29 is 9.21 Å². The number of Topliss-reactive ketones (excluding diaryl/α,β-unsaturated/α-hetero) is 1. The van der Waals surface area contributed by atoms with E-state index in [1.165, 1.54) is 22.9 Å². The molecule has 0 N–H and O–H groups in total. The second-order valence-corrected chi connectivity index (χ2v) is 7.31. The molecule has 4 nitrogen and oxygen atoms in total. The third kappa shape index (κ3) is 4.41. The minimum Gasteiger partial charge on any atom is -0.411 e. The lowest BCUT2D eigenvalue weighted by Crippen LogP contribution is -2.03. The molecule has 3 rings (SSSR count). The molecule has 0 saturated carbocycles. The molecule has 5 heteroatoms. The molecule has 1 atom stereocenters. The van der Waals surface area contributed by atoms with Crippen molar-refractivity contribution in [1.29, 1.82) is 0 Å². The van der Waals surface area contributed by atoms with E-state index in [-0.39, 0.29) is 11.5 Å². The van der Waals surface area contributed by atoms with Crippen LogP contribution in [0.25, 0.3) is 11.5 Å². The number of carbonyl (C=O) groups is 1. The van der Waals surface area contributed by atoms with Gasteiger partial charge in [-0.3, -0.25) is 4.79 Å². The number of nitrogens with zero attached hydrogens (tertiary/aromatic N) is 2. The van der Waals surface area contributed by atoms with Crippen LogP contribution in [0, 0.1) is 6.92 Å². The normalized spacial score (nSPS) is 12.1. The van der Waals surface area contributed by atoms with E-state index < -0.39 is 0 Å². The van der Waals surface area contributed by atoms with Crippen LogP contribution in [0.4, 0.5) is 0 Å². The van der Waals surface area contributed by atoms with E-state index in [0.717, 1.165) is 12.0 Å². The lowest BCUT2D eigenvalue weighted by molar-refractivity contribution is 0.102. The van der Waals surface area contributed by atoms with Gasteiger partial charge in [0, 0.05) is 11.1 Å². The minimum atomic E-state index is 0.0563. The Kier molecular flexibility index (Phi) is 5.89. The highest BCUT2D eigenvalue weighted by Crippen LogP contribution is 2.24. The first-order valence-electron chi connectivity index (χ1n) is 8.73. The summed E-state index contributed by atoms with van der Waals surface area (Å²) in [5.41, 5.74) is 4.02. The first kappa shape index (κ1) is 18.4. The summed E-state index contributed by atoms with van der Waals surface area (Å²) in [4.78, 5) is 12.4. The molecule has 0 fully saturated rings. The highest BCUT2D eigenvalue weighted by atomic mass is 32.2. The molecule has 0 amide bonds. The number of rotatable bonds is 7. The smallest absolute Gasteiger partial charge is 0.277 e. The molecule has 0 saturated heterocycles. The molecule has 1 aromatic heterocycles. The topological polar surface area (TPSA) is 56.0 Å². The van der Waals surface area contributed by atoms with Gasteiger partial charge in [-0.05, 0) is 37.0 Å². The Morgan fingerprint density at radius 2 is 1.77 bits per heavy atom. The Morgan fingerprint density at radius 3 is 2.42 bits per heavy atom. The minimum absolute atomic E-state index is 0.0563. The van der Waals surface area contributed by atoms with Crippen LogP contribution < -0.4 is 0 Å². The van der Waals surface area contributed by atoms with E-state index in [4.69, 9.17) is 4.42 Å². The number of aromatic nitrogens is 2. The lowest BCUT2D eigenvalue weighted by Gasteiger charge is -2.09. The van der Waals surface area contributed by atoms with E-state index in [1.54, 1.807) is 0 Å². The van der Waals surface area contributed by atoms with Crippen molar-refractivity contribution in [3.63, 3.8) is 0 Å². The Hall–Kier alpha value is -2.40. The van der Waals surface area contributed by atoms with E-state index in [2.05, 4.69) is 24.0 Å². The number of thioether (sulfide) groups is 1. The maximum absolute atomic E-state index is 12.4. The van der Waals surface area contributed by atoms with Gasteiger partial charge >= 0.3 is 0 Å². The van der Waals surface area contributed by atoms with Crippen LogP contribution in [0.3, 0.4) is 0 Å². The molecule has 0 bridgehead atoms. The summed E-state index contributed by atoms with van der Waals surface area (Å²) in [7, 11) is 0. The molecule has 2 aromatic carbocycles. The quantitative estimate of drug-likeness (QED) is 0.406. The fourth-order valence-electron chi connectivity index (χ4n) is 2.52. The second kappa shape index (κ2) is 8.32. The van der Waals surface area contributed by atoms with E-state index in [9.17, 15) is 4.79 Å². The van der Waals surface area contributed by atoms with E-state index in [1.807, 2.05) is 55.5 Å². The molecule has 0 aliphatic heterocycles. The molecule has 3 aromatic rings. The first-order valence-corrected chi connectivity index (χ1v) is 9.72. The average Bonchev–Trinajstić information content (AvgIpc) is 3.15. The average molecular weight is 366 g/mol. The number of hydrogen-bond donors (Lipinski definition) is 0. The van der Waals surface area contributed by atoms with Gasteiger partial charge in [0.15, 0.2) is 5.78 Å². The van der Waals surface area contributed by atoms with Gasteiger partial charge in [-0.2, -0.15) is 0 Å². The molecule has 0 aliphatic carbocycles. The molecule has 1 heterocycles. The van der Waals surface area contributed by atoms with Crippen molar-refractivity contribution in [3.8, 4) is 11.5 Å². The van der Waals surface area contributed by atoms with Crippen LogP contribution in [0.2, 0.25) is 0 Å². The van der Waals surface area contributed by atoms with Gasteiger partial charge in [0.25, 0.3) is 5.22 Å². The Bertz CT molecular complexity index is 870. The first-order chi connectivity index (χ1) is 12.6. The van der Waals surface area contributed by atoms with Crippen LogP contribution in [0.1, 0.15) is 47.7 Å². The van der Waals surface area contributed by atoms with Gasteiger partial charge in [0.2, 0.25) is 5.89 Å². The van der Waals surface area contributed by atoms with Crippen LogP contribution >= 0.6 is 11.8 Å². The van der Waals surface area contributed by atoms with Crippen molar-refractivity contribution in [1.82, 2.24) is 10.2 Å². The molecular weight excluding hydrogens is 344 g/mol. The van der Waals surface area contributed by atoms with E-state index in [0.29, 0.717) is 22.6 Å². The van der Waals surface area contributed by atoms with Crippen molar-refractivity contribution in [2.24, 2.45) is 0 Å². The number of ketones is 1. The fraction of sp³-hybridized carbons (Fsp3) is 0.286. The molecular formula is C21H22N2O2S. The van der Waals surface area contributed by atoms with Crippen LogP contribution in [0.5, 0.6) is 0 Å². The van der Waals surface area contributed by atoms with Gasteiger partial charge in [-0.1, -0.05) is 67.6 Å². The van der Waals surface area contributed by atoms with Crippen molar-refractivity contribution >= 4 is 17.5 Å². The van der Waals surface area contributed by atoms with Crippen LogP contribution in [-0.4, -0.2) is 21.7 Å². The van der Waals surface area contributed by atoms with Gasteiger partial charge in [0.1, 0.15) is 0 Å². The third-order valence-electron chi connectivity index (χ3n) is 4.45. The standard InChI is InChI=1S/C21H22N2O2S/c1-4-15(3)16-9-11-17(12-10-16)19(24)13-26-21-23-22-20(25-21)18-7-5-14(2)6-8-18/h5-12,15H,4,13H2,1-3H3. The predicted octanol–water partition coefficient (Wildman–Crippen LogP) is 5.53. The zero-order chi connectivity index (χ0) is 18.5. The molecule has 0 spiro atoms. The Labute approximate surface area is 158 Å². The monoisotopic (exact) mass is 366 g/mol. The number of carbonyl (C=O) groups excluding carboxylic acids is 1. The predicted molar refractivity (Wildman–Crippen MR) is 105 cm³/mol. The van der Waals surface area contributed by atoms with Crippen LogP contribution in [-0.2, 0) is 0 Å². The number of aryl methyl sites for hydroxylation is 1. The Morgan fingerprint density at radius 1 is 1.08 bits per heavy atom. The molecule has 134 valence electrons. The number of benzene rings is 2. The molecule has 0 radical (unpaired) electrons. The second-order valence-electron chi connectivity index (χ2n) is 6.38. The summed E-state index contributed by atoms with van der Waals surface area (Å²) < 4.78 is 5.65.